The summed E-state index contributed by atoms with van der Waals surface area (Å²) in [6.07, 6.45) is -16.7. The summed E-state index contributed by atoms with van der Waals surface area (Å²) < 4.78 is 28.3. The van der Waals surface area contributed by atoms with E-state index >= 15 is 0 Å². The van der Waals surface area contributed by atoms with Gasteiger partial charge in [-0.1, -0.05) is 0 Å². The first-order valence-corrected chi connectivity index (χ1v) is 13.0. The molecular formula is C27H30O16. The summed E-state index contributed by atoms with van der Waals surface area (Å²) in [6.45, 7) is 0.541. The van der Waals surface area contributed by atoms with E-state index in [1.54, 1.807) is 0 Å². The first kappa shape index (κ1) is 30.7. The van der Waals surface area contributed by atoms with Crippen LogP contribution in [0.2, 0.25) is 0 Å². The van der Waals surface area contributed by atoms with Crippen LogP contribution in [0.3, 0.4) is 0 Å². The number of phenols is 4. The fraction of sp³-hybridized carbons (Fsp3) is 0.444. The number of phenolic OH excluding ortho intramolecular Hbond substituents is 4. The van der Waals surface area contributed by atoms with Gasteiger partial charge < -0.3 is 74.4 Å². The Kier molecular flexibility index (Phi) is 8.41. The first-order valence-electron chi connectivity index (χ1n) is 13.0. The van der Waals surface area contributed by atoms with Crippen molar-refractivity contribution in [2.24, 2.45) is 0 Å². The Labute approximate surface area is 241 Å². The largest absolute Gasteiger partial charge is 0.508 e. The van der Waals surface area contributed by atoms with E-state index in [0.29, 0.717) is 0 Å². The summed E-state index contributed by atoms with van der Waals surface area (Å²) in [5.74, 6) is -3.40. The molecular weight excluding hydrogens is 580 g/mol. The third kappa shape index (κ3) is 5.55. The number of rotatable bonds is 6. The van der Waals surface area contributed by atoms with Crippen LogP contribution in [0.4, 0.5) is 0 Å². The number of aromatic hydroxyl groups is 4. The molecule has 0 aliphatic carbocycles. The summed E-state index contributed by atoms with van der Waals surface area (Å²) in [5.41, 5.74) is -1.39. The first-order chi connectivity index (χ1) is 20.3. The predicted molar refractivity (Wildman–Crippen MR) is 140 cm³/mol. The summed E-state index contributed by atoms with van der Waals surface area (Å²) in [6, 6.07) is 5.21. The van der Waals surface area contributed by atoms with Crippen LogP contribution in [0.15, 0.2) is 39.5 Å². The lowest BCUT2D eigenvalue weighted by Gasteiger charge is -2.45. The fourth-order valence-electron chi connectivity index (χ4n) is 4.92. The van der Waals surface area contributed by atoms with Crippen molar-refractivity contribution < 1.29 is 74.4 Å². The number of aliphatic hydroxyl groups excluding tert-OH is 6. The third-order valence-corrected chi connectivity index (χ3v) is 7.31. The van der Waals surface area contributed by atoms with Crippen molar-refractivity contribution in [3.63, 3.8) is 0 Å². The van der Waals surface area contributed by atoms with Crippen LogP contribution in [0.1, 0.15) is 6.92 Å². The van der Waals surface area contributed by atoms with Gasteiger partial charge in [0.2, 0.25) is 17.5 Å². The van der Waals surface area contributed by atoms with Gasteiger partial charge in [-0.25, -0.2) is 0 Å². The van der Waals surface area contributed by atoms with Gasteiger partial charge in [-0.3, -0.25) is 4.79 Å². The lowest BCUT2D eigenvalue weighted by atomic mass is 9.97. The molecule has 1 aromatic heterocycles. The van der Waals surface area contributed by atoms with Crippen molar-refractivity contribution in [1.29, 1.82) is 0 Å². The Hall–Kier alpha value is -3.71. The van der Waals surface area contributed by atoms with Crippen LogP contribution in [0, 0.1) is 0 Å². The molecule has 2 aromatic carbocycles. The molecule has 10 N–H and O–H groups in total. The predicted octanol–water partition coefficient (Wildman–Crippen LogP) is -1.69. The third-order valence-electron chi connectivity index (χ3n) is 7.31. The van der Waals surface area contributed by atoms with E-state index in [0.717, 1.165) is 24.3 Å². The van der Waals surface area contributed by atoms with Gasteiger partial charge in [0.25, 0.3) is 0 Å². The average Bonchev–Trinajstić information content (AvgIpc) is 2.96. The molecule has 0 amide bonds. The molecule has 0 saturated carbocycles. The fourth-order valence-corrected chi connectivity index (χ4v) is 4.92. The Morgan fingerprint density at radius 1 is 0.791 bits per heavy atom. The van der Waals surface area contributed by atoms with Gasteiger partial charge in [0.15, 0.2) is 29.7 Å². The second kappa shape index (κ2) is 11.8. The molecule has 2 fully saturated rings. The number of aliphatic hydroxyl groups is 6. The Morgan fingerprint density at radius 3 is 2.19 bits per heavy atom. The number of hydrogen-bond donors (Lipinski definition) is 10. The molecule has 0 spiro atoms. The monoisotopic (exact) mass is 610 g/mol. The highest BCUT2D eigenvalue weighted by Crippen LogP contribution is 2.40. The quantitative estimate of drug-likeness (QED) is 0.140. The van der Waals surface area contributed by atoms with Crippen molar-refractivity contribution in [2.75, 3.05) is 6.61 Å². The van der Waals surface area contributed by atoms with Crippen molar-refractivity contribution in [3.05, 3.63) is 40.6 Å². The molecule has 234 valence electrons. The average molecular weight is 611 g/mol. The zero-order valence-corrected chi connectivity index (χ0v) is 22.3. The van der Waals surface area contributed by atoms with Gasteiger partial charge in [0.1, 0.15) is 59.1 Å². The summed E-state index contributed by atoms with van der Waals surface area (Å²) in [7, 11) is 0. The molecule has 16 nitrogen and oxygen atoms in total. The lowest BCUT2D eigenvalue weighted by Crippen LogP contribution is -2.64. The van der Waals surface area contributed by atoms with E-state index < -0.39 is 113 Å². The Balaban J connectivity index is 1.62. The van der Waals surface area contributed by atoms with E-state index in [9.17, 15) is 55.9 Å². The normalized spacial score (nSPS) is 33.0. The topological polar surface area (TPSA) is 269 Å². The van der Waals surface area contributed by atoms with Crippen molar-refractivity contribution in [2.45, 2.75) is 68.3 Å². The van der Waals surface area contributed by atoms with Crippen LogP contribution in [0.5, 0.6) is 28.7 Å². The summed E-state index contributed by atoms with van der Waals surface area (Å²) in [4.78, 5) is 13.7. The lowest BCUT2D eigenvalue weighted by molar-refractivity contribution is -0.354. The molecule has 0 bridgehead atoms. The van der Waals surface area contributed by atoms with E-state index in [1.807, 2.05) is 0 Å². The maximum absolute atomic E-state index is 13.7. The number of benzene rings is 2. The van der Waals surface area contributed by atoms with Crippen LogP contribution in [-0.4, -0.2) is 119 Å². The molecule has 3 aromatic rings. The molecule has 2 aliphatic heterocycles. The van der Waals surface area contributed by atoms with Crippen LogP contribution in [-0.2, 0) is 14.2 Å². The van der Waals surface area contributed by atoms with Crippen molar-refractivity contribution in [3.8, 4) is 40.1 Å². The van der Waals surface area contributed by atoms with Gasteiger partial charge in [-0.05, 0) is 25.1 Å². The second-order valence-electron chi connectivity index (χ2n) is 10.2. The van der Waals surface area contributed by atoms with Gasteiger partial charge in [-0.15, -0.1) is 0 Å². The van der Waals surface area contributed by atoms with E-state index in [4.69, 9.17) is 23.4 Å². The highest BCUT2D eigenvalue weighted by molar-refractivity contribution is 5.88. The van der Waals surface area contributed by atoms with Crippen LogP contribution < -0.4 is 10.2 Å². The SMILES string of the molecule is CC1O[C@@H](OC2C(O)[C@@H](O)C(CO)O[C@H]2Oc2c(-c3ccc(O)c(O)c3)oc3cc(O)cc(O)c3c2=O)C(O)C(O)[C@H]1O. The van der Waals surface area contributed by atoms with Gasteiger partial charge >= 0.3 is 0 Å². The van der Waals surface area contributed by atoms with E-state index in [-0.39, 0.29) is 11.1 Å². The Bertz CT molecular complexity index is 1540. The van der Waals surface area contributed by atoms with Crippen molar-refractivity contribution in [1.82, 2.24) is 0 Å². The zero-order chi connectivity index (χ0) is 31.3. The molecule has 0 radical (unpaired) electrons. The smallest absolute Gasteiger partial charge is 0.239 e. The van der Waals surface area contributed by atoms with Gasteiger partial charge in [-0.2, -0.15) is 0 Å². The minimum absolute atomic E-state index is 0.0447. The minimum Gasteiger partial charge on any atom is -0.508 e. The van der Waals surface area contributed by atoms with E-state index in [1.165, 1.54) is 13.0 Å². The van der Waals surface area contributed by atoms with Gasteiger partial charge in [0.05, 0.1) is 12.7 Å². The van der Waals surface area contributed by atoms with Crippen molar-refractivity contribution >= 4 is 11.0 Å². The standard InChI is InChI=1S/C27H30O16/c1-8-17(33)20(36)22(38)26(39-8)43-25-21(37)18(34)15(7-28)41-27(25)42-24-19(35)16-13(32)5-10(29)6-14(16)40-23(24)9-2-3-11(30)12(31)4-9/h2-6,8,15,17-18,20-22,25-34,36-38H,7H2,1H3/t8?,15?,17-,18-,20?,21?,22?,25?,26-,27-/m0/s1. The van der Waals surface area contributed by atoms with E-state index in [2.05, 4.69) is 0 Å². The highest BCUT2D eigenvalue weighted by Gasteiger charge is 2.51. The molecule has 10 atom stereocenters. The molecule has 3 heterocycles. The summed E-state index contributed by atoms with van der Waals surface area (Å²) in [5, 5.41) is 102. The van der Waals surface area contributed by atoms with Gasteiger partial charge in [0, 0.05) is 17.7 Å². The van der Waals surface area contributed by atoms with Crippen LogP contribution >= 0.6 is 0 Å². The summed E-state index contributed by atoms with van der Waals surface area (Å²) >= 11 is 0. The molecule has 5 rings (SSSR count). The Morgan fingerprint density at radius 2 is 1.51 bits per heavy atom. The molecule has 6 unspecified atom stereocenters. The highest BCUT2D eigenvalue weighted by atomic mass is 16.8. The molecule has 16 heteroatoms. The zero-order valence-electron chi connectivity index (χ0n) is 22.3. The second-order valence-corrected chi connectivity index (χ2v) is 10.2. The number of ether oxygens (including phenoxy) is 4. The van der Waals surface area contributed by atoms with Crippen LogP contribution in [0.25, 0.3) is 22.3 Å². The maximum Gasteiger partial charge on any atom is 0.239 e. The maximum atomic E-state index is 13.7. The minimum atomic E-state index is -1.91. The molecule has 2 aliphatic rings. The number of hydrogen-bond acceptors (Lipinski definition) is 16. The molecule has 2 saturated heterocycles. The number of fused-ring (bicyclic) bond motifs is 1. The molecule has 43 heavy (non-hydrogen) atoms.